The van der Waals surface area contributed by atoms with Gasteiger partial charge in [-0.15, -0.1) is 0 Å². The van der Waals surface area contributed by atoms with E-state index in [1.807, 2.05) is 58.0 Å². The molecule has 0 aliphatic heterocycles. The molecular formula is C26H31O4P. The molecule has 0 atom stereocenters. The van der Waals surface area contributed by atoms with Crippen LogP contribution >= 0.6 is 7.92 Å². The zero-order valence-corrected chi connectivity index (χ0v) is 19.7. The molecule has 0 aromatic heterocycles. The molecule has 0 radical (unpaired) electrons. The Balaban J connectivity index is 2.28. The second-order valence-electron chi connectivity index (χ2n) is 6.61. The van der Waals surface area contributed by atoms with E-state index in [9.17, 15) is 0 Å². The fourth-order valence-corrected chi connectivity index (χ4v) is 5.97. The van der Waals surface area contributed by atoms with Crippen molar-refractivity contribution in [3.63, 3.8) is 0 Å². The van der Waals surface area contributed by atoms with Crippen molar-refractivity contribution < 1.29 is 18.9 Å². The third-order valence-electron chi connectivity index (χ3n) is 4.59. The predicted molar refractivity (Wildman–Crippen MR) is 130 cm³/mol. The standard InChI is InChI=1S/C26H31O4P/c1-5-27-21-16-12-18-23(25(21)29-7-3)31(20-14-10-9-11-15-20)24-19-13-17-22(28-6-2)26(24)30-8-4/h9-19H,5-8H2,1-4H3. The Kier molecular flexibility index (Phi) is 8.61. The second kappa shape index (κ2) is 11.6. The fraction of sp³-hybridized carbons (Fsp3) is 0.308. The highest BCUT2D eigenvalue weighted by Crippen LogP contribution is 2.44. The Bertz CT molecular complexity index is 899. The molecule has 0 aliphatic rings. The van der Waals surface area contributed by atoms with Gasteiger partial charge in [0, 0.05) is 10.6 Å². The van der Waals surface area contributed by atoms with Gasteiger partial charge in [-0.1, -0.05) is 42.5 Å². The normalized spacial score (nSPS) is 10.7. The van der Waals surface area contributed by atoms with Crippen molar-refractivity contribution in [2.45, 2.75) is 27.7 Å². The number of hydrogen-bond donors (Lipinski definition) is 0. The van der Waals surface area contributed by atoms with E-state index >= 15 is 0 Å². The van der Waals surface area contributed by atoms with Gasteiger partial charge < -0.3 is 18.9 Å². The van der Waals surface area contributed by atoms with Gasteiger partial charge in [0.05, 0.1) is 26.4 Å². The molecule has 0 saturated heterocycles. The van der Waals surface area contributed by atoms with Gasteiger partial charge in [-0.25, -0.2) is 0 Å². The molecule has 0 amide bonds. The van der Waals surface area contributed by atoms with Gasteiger partial charge in [-0.3, -0.25) is 0 Å². The first-order valence-corrected chi connectivity index (χ1v) is 12.2. The Morgan fingerprint density at radius 3 is 1.39 bits per heavy atom. The summed E-state index contributed by atoms with van der Waals surface area (Å²) in [5, 5.41) is 3.41. The van der Waals surface area contributed by atoms with E-state index in [-0.39, 0.29) is 0 Å². The fourth-order valence-electron chi connectivity index (χ4n) is 3.46. The van der Waals surface area contributed by atoms with Gasteiger partial charge in [0.25, 0.3) is 0 Å². The summed E-state index contributed by atoms with van der Waals surface area (Å²) in [4.78, 5) is 0. The van der Waals surface area contributed by atoms with Crippen LogP contribution in [0.15, 0.2) is 66.7 Å². The minimum Gasteiger partial charge on any atom is -0.490 e. The quantitative estimate of drug-likeness (QED) is 0.393. The largest absolute Gasteiger partial charge is 0.490 e. The molecule has 164 valence electrons. The molecule has 3 aromatic carbocycles. The van der Waals surface area contributed by atoms with Crippen LogP contribution < -0.4 is 34.9 Å². The lowest BCUT2D eigenvalue weighted by Crippen LogP contribution is -2.24. The first-order chi connectivity index (χ1) is 15.2. The Morgan fingerprint density at radius 2 is 0.968 bits per heavy atom. The van der Waals surface area contributed by atoms with Crippen molar-refractivity contribution in [2.75, 3.05) is 26.4 Å². The molecule has 3 rings (SSSR count). The Morgan fingerprint density at radius 1 is 0.516 bits per heavy atom. The first kappa shape index (κ1) is 23.0. The van der Waals surface area contributed by atoms with Crippen LogP contribution in [0.25, 0.3) is 0 Å². The van der Waals surface area contributed by atoms with Crippen molar-refractivity contribution in [1.82, 2.24) is 0 Å². The Hall–Kier alpha value is -2.71. The topological polar surface area (TPSA) is 36.9 Å². The van der Waals surface area contributed by atoms with Crippen molar-refractivity contribution in [3.8, 4) is 23.0 Å². The van der Waals surface area contributed by atoms with E-state index in [2.05, 4.69) is 36.4 Å². The second-order valence-corrected chi connectivity index (χ2v) is 8.76. The molecule has 0 heterocycles. The molecule has 0 aliphatic carbocycles. The Labute approximate surface area is 186 Å². The van der Waals surface area contributed by atoms with Gasteiger partial charge in [-0.05, 0) is 65.2 Å². The third kappa shape index (κ3) is 5.32. The van der Waals surface area contributed by atoms with Gasteiger partial charge in [-0.2, -0.15) is 0 Å². The molecule has 0 unspecified atom stereocenters. The van der Waals surface area contributed by atoms with Crippen molar-refractivity contribution in [2.24, 2.45) is 0 Å². The molecule has 31 heavy (non-hydrogen) atoms. The first-order valence-electron chi connectivity index (χ1n) is 10.9. The van der Waals surface area contributed by atoms with Crippen LogP contribution in [0.3, 0.4) is 0 Å². The highest BCUT2D eigenvalue weighted by atomic mass is 31.1. The molecule has 0 saturated carbocycles. The maximum Gasteiger partial charge on any atom is 0.169 e. The zero-order valence-electron chi connectivity index (χ0n) is 18.8. The van der Waals surface area contributed by atoms with E-state index in [1.165, 1.54) is 5.30 Å². The predicted octanol–water partition coefficient (Wildman–Crippen LogP) is 5.04. The van der Waals surface area contributed by atoms with Crippen LogP contribution in [0.2, 0.25) is 0 Å². The van der Waals surface area contributed by atoms with Crippen LogP contribution in [0.1, 0.15) is 27.7 Å². The number of benzene rings is 3. The van der Waals surface area contributed by atoms with Crippen molar-refractivity contribution in [3.05, 3.63) is 66.7 Å². The number of rotatable bonds is 11. The molecule has 5 heteroatoms. The average molecular weight is 439 g/mol. The third-order valence-corrected chi connectivity index (χ3v) is 7.07. The van der Waals surface area contributed by atoms with E-state index in [4.69, 9.17) is 18.9 Å². The monoisotopic (exact) mass is 438 g/mol. The zero-order chi connectivity index (χ0) is 22.1. The van der Waals surface area contributed by atoms with Crippen LogP contribution in [0, 0.1) is 0 Å². The summed E-state index contributed by atoms with van der Waals surface area (Å²) in [7, 11) is -0.975. The van der Waals surface area contributed by atoms with Crippen LogP contribution in [-0.2, 0) is 0 Å². The van der Waals surface area contributed by atoms with E-state index < -0.39 is 7.92 Å². The maximum atomic E-state index is 6.14. The summed E-state index contributed by atoms with van der Waals surface area (Å²) in [5.41, 5.74) is 0. The van der Waals surface area contributed by atoms with Crippen molar-refractivity contribution in [1.29, 1.82) is 0 Å². The number of ether oxygens (including phenoxy) is 4. The SMILES string of the molecule is CCOc1cccc(P(c2ccccc2)c2cccc(OCC)c2OCC)c1OCC. The average Bonchev–Trinajstić information content (AvgIpc) is 2.79. The smallest absolute Gasteiger partial charge is 0.169 e. The molecule has 0 bridgehead atoms. The summed E-state index contributed by atoms with van der Waals surface area (Å²) in [6.45, 7) is 10.3. The lowest BCUT2D eigenvalue weighted by Gasteiger charge is -2.26. The van der Waals surface area contributed by atoms with Crippen LogP contribution in [-0.4, -0.2) is 26.4 Å². The van der Waals surface area contributed by atoms with Gasteiger partial charge >= 0.3 is 0 Å². The molecule has 4 nitrogen and oxygen atoms in total. The maximum absolute atomic E-state index is 6.14. The van der Waals surface area contributed by atoms with E-state index in [0.29, 0.717) is 26.4 Å². The number of hydrogen-bond acceptors (Lipinski definition) is 4. The number of para-hydroxylation sites is 2. The minimum atomic E-state index is -0.975. The van der Waals surface area contributed by atoms with Crippen LogP contribution in [0.5, 0.6) is 23.0 Å². The summed E-state index contributed by atoms with van der Waals surface area (Å²) in [6, 6.07) is 22.8. The van der Waals surface area contributed by atoms with Gasteiger partial charge in [0.1, 0.15) is 0 Å². The lowest BCUT2D eigenvalue weighted by molar-refractivity contribution is 0.289. The lowest BCUT2D eigenvalue weighted by atomic mass is 10.3. The van der Waals surface area contributed by atoms with E-state index in [1.54, 1.807) is 0 Å². The highest BCUT2D eigenvalue weighted by molar-refractivity contribution is 7.80. The molecule has 0 fully saturated rings. The van der Waals surface area contributed by atoms with Gasteiger partial charge in [0.15, 0.2) is 23.0 Å². The molecule has 0 spiro atoms. The molecule has 3 aromatic rings. The van der Waals surface area contributed by atoms with Crippen molar-refractivity contribution >= 4 is 23.8 Å². The summed E-state index contributed by atoms with van der Waals surface area (Å²) < 4.78 is 24.1. The van der Waals surface area contributed by atoms with E-state index in [0.717, 1.165) is 33.6 Å². The minimum absolute atomic E-state index is 0.562. The summed E-state index contributed by atoms with van der Waals surface area (Å²) >= 11 is 0. The van der Waals surface area contributed by atoms with Gasteiger partial charge in [0.2, 0.25) is 0 Å². The van der Waals surface area contributed by atoms with Crippen LogP contribution in [0.4, 0.5) is 0 Å². The summed E-state index contributed by atoms with van der Waals surface area (Å²) in [5.74, 6) is 3.13. The summed E-state index contributed by atoms with van der Waals surface area (Å²) in [6.07, 6.45) is 0. The molecule has 0 N–H and O–H groups in total. The highest BCUT2D eigenvalue weighted by Gasteiger charge is 2.27. The molecular weight excluding hydrogens is 407 g/mol.